The molecule has 0 saturated heterocycles. The van der Waals surface area contributed by atoms with E-state index in [1.807, 2.05) is 91.0 Å². The number of hydrogen-bond acceptors (Lipinski definition) is 6. The first-order chi connectivity index (χ1) is 18.0. The number of benzene rings is 3. The fourth-order valence-corrected chi connectivity index (χ4v) is 9.56. The van der Waals surface area contributed by atoms with Gasteiger partial charge in [0.2, 0.25) is 0 Å². The van der Waals surface area contributed by atoms with Crippen molar-refractivity contribution in [2.45, 2.75) is 0 Å². The molecule has 37 heavy (non-hydrogen) atoms. The van der Waals surface area contributed by atoms with Crippen LogP contribution < -0.4 is 15.9 Å². The molecular weight excluding hydrogens is 505 g/mol. The minimum atomic E-state index is -2.75. The van der Waals surface area contributed by atoms with Crippen molar-refractivity contribution in [3.63, 3.8) is 0 Å². The summed E-state index contributed by atoms with van der Waals surface area (Å²) in [5.41, 5.74) is 0. The summed E-state index contributed by atoms with van der Waals surface area (Å²) >= 11 is 1.07. The Morgan fingerprint density at radius 1 is 0.892 bits per heavy atom. The zero-order valence-electron chi connectivity index (χ0n) is 19.2. The molecule has 0 unspecified atom stereocenters. The summed E-state index contributed by atoms with van der Waals surface area (Å²) in [5, 5.41) is 25.2. The molecule has 180 valence electrons. The van der Waals surface area contributed by atoms with Gasteiger partial charge in [-0.1, -0.05) is 103 Å². The Morgan fingerprint density at radius 2 is 1.41 bits per heavy atom. The van der Waals surface area contributed by atoms with E-state index in [2.05, 4.69) is 11.1 Å². The van der Waals surface area contributed by atoms with Gasteiger partial charge in [-0.2, -0.15) is 5.26 Å². The van der Waals surface area contributed by atoms with Gasteiger partial charge in [-0.15, -0.1) is 0 Å². The van der Waals surface area contributed by atoms with Crippen molar-refractivity contribution in [1.29, 1.82) is 5.26 Å². The summed E-state index contributed by atoms with van der Waals surface area (Å²) in [5.74, 6) is -0.790. The van der Waals surface area contributed by atoms with Crippen LogP contribution in [0.5, 0.6) is 0 Å². The fourth-order valence-electron chi connectivity index (χ4n) is 4.21. The van der Waals surface area contributed by atoms with Gasteiger partial charge in [0.15, 0.2) is 0 Å². The Balaban J connectivity index is 1.77. The highest BCUT2D eigenvalue weighted by Gasteiger charge is 2.36. The van der Waals surface area contributed by atoms with Crippen LogP contribution in [0.15, 0.2) is 117 Å². The molecule has 0 N–H and O–H groups in total. The summed E-state index contributed by atoms with van der Waals surface area (Å²) in [7, 11) is 0. The lowest BCUT2D eigenvalue weighted by Crippen LogP contribution is -2.32. The van der Waals surface area contributed by atoms with Crippen LogP contribution in [0.1, 0.15) is 5.76 Å². The number of nitro groups is 1. The monoisotopic (exact) mass is 523 g/mol. The molecule has 5 rings (SSSR count). The molecule has 1 amide bonds. The van der Waals surface area contributed by atoms with E-state index in [1.165, 1.54) is 18.2 Å². The van der Waals surface area contributed by atoms with Crippen LogP contribution in [0.3, 0.4) is 0 Å². The maximum absolute atomic E-state index is 12.9. The van der Waals surface area contributed by atoms with Crippen molar-refractivity contribution in [3.05, 3.63) is 124 Å². The van der Waals surface area contributed by atoms with E-state index in [-0.39, 0.29) is 10.7 Å². The summed E-state index contributed by atoms with van der Waals surface area (Å²) in [4.78, 5) is 27.8. The third-order valence-electron chi connectivity index (χ3n) is 5.76. The van der Waals surface area contributed by atoms with Crippen LogP contribution in [0, 0.1) is 21.4 Å². The lowest BCUT2D eigenvalue weighted by atomic mass is 10.3. The summed E-state index contributed by atoms with van der Waals surface area (Å²) in [6.45, 7) is -2.75. The van der Waals surface area contributed by atoms with Crippen LogP contribution in [0.2, 0.25) is 0 Å². The zero-order chi connectivity index (χ0) is 25.8. The van der Waals surface area contributed by atoms with Crippen LogP contribution in [-0.2, 0) is 4.79 Å². The Hall–Kier alpha value is -4.44. The second-order valence-electron chi connectivity index (χ2n) is 7.90. The molecule has 0 atom stereocenters. The highest BCUT2D eigenvalue weighted by atomic mass is 32.2. The number of aliphatic imine (C=N–C) groups is 1. The molecule has 9 heteroatoms. The van der Waals surface area contributed by atoms with Crippen LogP contribution in [0.25, 0.3) is 6.08 Å². The van der Waals surface area contributed by atoms with Gasteiger partial charge in [-0.25, -0.2) is 4.99 Å². The number of hydrogen-bond donors (Lipinski definition) is 0. The van der Waals surface area contributed by atoms with E-state index >= 15 is 0 Å². The van der Waals surface area contributed by atoms with Crippen LogP contribution >= 0.6 is 18.6 Å². The predicted molar refractivity (Wildman–Crippen MR) is 149 cm³/mol. The number of furan rings is 1. The van der Waals surface area contributed by atoms with Gasteiger partial charge in [0.25, 0.3) is 5.91 Å². The SMILES string of the molecule is N#CC(C1=NC(=O)/C(=C/c2ccc([N+](=O)[O-])o2)S1)=P(c1ccccc1)(c1ccccc1)c1ccccc1. The second kappa shape index (κ2) is 10.3. The average Bonchev–Trinajstić information content (AvgIpc) is 3.55. The Bertz CT molecular complexity index is 1550. The van der Waals surface area contributed by atoms with Crippen molar-refractivity contribution < 1.29 is 14.1 Å². The fraction of sp³-hybridized carbons (Fsp3) is 0. The minimum Gasteiger partial charge on any atom is -0.401 e. The highest BCUT2D eigenvalue weighted by molar-refractivity contribution is 8.22. The molecule has 3 aromatic carbocycles. The summed E-state index contributed by atoms with van der Waals surface area (Å²) < 4.78 is 5.20. The number of rotatable bonds is 6. The molecule has 1 aromatic heterocycles. The first-order valence-electron chi connectivity index (χ1n) is 11.1. The average molecular weight is 524 g/mol. The van der Waals surface area contributed by atoms with Crippen molar-refractivity contribution in [2.24, 2.45) is 4.99 Å². The van der Waals surface area contributed by atoms with Gasteiger partial charge in [-0.3, -0.25) is 14.9 Å². The normalized spacial score (nSPS) is 14.3. The predicted octanol–water partition coefficient (Wildman–Crippen LogP) is 4.89. The van der Waals surface area contributed by atoms with Crippen molar-refractivity contribution in [2.75, 3.05) is 0 Å². The number of nitriles is 1. The molecule has 2 heterocycles. The van der Waals surface area contributed by atoms with Gasteiger partial charge in [0, 0.05) is 6.08 Å². The lowest BCUT2D eigenvalue weighted by molar-refractivity contribution is -0.402. The molecular formula is C28H18N3O4PS. The largest absolute Gasteiger partial charge is 0.433 e. The summed E-state index contributed by atoms with van der Waals surface area (Å²) in [6.07, 6.45) is 1.42. The van der Waals surface area contributed by atoms with E-state index in [0.717, 1.165) is 27.7 Å². The molecule has 0 aliphatic carbocycles. The smallest absolute Gasteiger partial charge is 0.401 e. The third kappa shape index (κ3) is 4.47. The van der Waals surface area contributed by atoms with Gasteiger partial charge in [-0.05, 0) is 28.9 Å². The Kier molecular flexibility index (Phi) is 6.74. The minimum absolute atomic E-state index is 0.160. The molecule has 1 aliphatic rings. The highest BCUT2D eigenvalue weighted by Crippen LogP contribution is 2.48. The first kappa shape index (κ1) is 24.3. The quantitative estimate of drug-likeness (QED) is 0.154. The maximum atomic E-state index is 12.9. The number of carbonyl (C=O) groups is 1. The molecule has 1 aliphatic heterocycles. The topological polar surface area (TPSA) is 110 Å². The lowest BCUT2D eigenvalue weighted by Gasteiger charge is -2.30. The number of carbonyl (C=O) groups excluding carboxylic acids is 1. The van der Waals surface area contributed by atoms with Crippen LogP contribution in [0.4, 0.5) is 5.88 Å². The summed E-state index contributed by atoms with van der Waals surface area (Å²) in [6, 6.07) is 34.5. The number of amides is 1. The van der Waals surface area contributed by atoms with Gasteiger partial charge in [0.1, 0.15) is 21.8 Å². The van der Waals surface area contributed by atoms with E-state index in [0.29, 0.717) is 10.3 Å². The standard InChI is InChI=1S/C28H18N3O4PS/c29-19-24(28-30-27(32)25(37-28)18-20-16-17-26(35-20)31(33)34)36(21-10-4-1-5-11-21,22-12-6-2-7-13-22)23-14-8-3-9-15-23/h1-18H/b25-18-. The van der Waals surface area contributed by atoms with Crippen LogP contribution in [-0.4, -0.2) is 21.2 Å². The zero-order valence-corrected chi connectivity index (χ0v) is 20.9. The van der Waals surface area contributed by atoms with Crippen molar-refractivity contribution in [3.8, 4) is 6.07 Å². The van der Waals surface area contributed by atoms with Crippen molar-refractivity contribution >= 4 is 62.8 Å². The molecule has 0 spiro atoms. The third-order valence-corrected chi connectivity index (χ3v) is 11.1. The van der Waals surface area contributed by atoms with Crippen molar-refractivity contribution in [1.82, 2.24) is 0 Å². The molecule has 0 bridgehead atoms. The first-order valence-corrected chi connectivity index (χ1v) is 13.8. The van der Waals surface area contributed by atoms with Gasteiger partial charge in [0.05, 0.1) is 16.3 Å². The van der Waals surface area contributed by atoms with E-state index in [4.69, 9.17) is 4.42 Å². The molecule has 4 aromatic rings. The molecule has 0 radical (unpaired) electrons. The molecule has 7 nitrogen and oxygen atoms in total. The Labute approximate surface area is 216 Å². The molecule has 0 fully saturated rings. The maximum Gasteiger partial charge on any atom is 0.433 e. The van der Waals surface area contributed by atoms with Gasteiger partial charge < -0.3 is 4.42 Å². The second-order valence-corrected chi connectivity index (χ2v) is 12.3. The Morgan fingerprint density at radius 3 is 1.84 bits per heavy atom. The molecule has 0 saturated carbocycles. The van der Waals surface area contributed by atoms with E-state index in [9.17, 15) is 20.2 Å². The van der Waals surface area contributed by atoms with E-state index in [1.54, 1.807) is 0 Å². The van der Waals surface area contributed by atoms with E-state index < -0.39 is 23.6 Å². The number of nitrogens with zero attached hydrogens (tertiary/aromatic N) is 3. The number of thioether (sulfide) groups is 1. The van der Waals surface area contributed by atoms with Gasteiger partial charge >= 0.3 is 5.88 Å².